The lowest BCUT2D eigenvalue weighted by atomic mass is 10.2. The first kappa shape index (κ1) is 17.1. The first-order valence-electron chi connectivity index (χ1n) is 6.77. The van der Waals surface area contributed by atoms with E-state index in [1.807, 2.05) is 31.2 Å². The van der Waals surface area contributed by atoms with E-state index in [9.17, 15) is 4.79 Å². The lowest BCUT2D eigenvalue weighted by Gasteiger charge is -2.16. The van der Waals surface area contributed by atoms with Gasteiger partial charge in [0.1, 0.15) is 0 Å². The van der Waals surface area contributed by atoms with Crippen molar-refractivity contribution in [2.24, 2.45) is 0 Å². The topological polar surface area (TPSA) is 58.1 Å². The van der Waals surface area contributed by atoms with Crippen LogP contribution in [-0.2, 0) is 11.3 Å². The zero-order valence-electron chi connectivity index (χ0n) is 12.4. The molecular formula is C14H17ClN4OS2. The fraction of sp³-hybridized carbons (Fsp3) is 0.357. The number of halogens is 1. The van der Waals surface area contributed by atoms with E-state index in [2.05, 4.69) is 15.5 Å². The molecule has 0 bridgehead atoms. The van der Waals surface area contributed by atoms with Crippen molar-refractivity contribution in [1.29, 1.82) is 0 Å². The number of amides is 1. The monoisotopic (exact) mass is 356 g/mol. The van der Waals surface area contributed by atoms with Gasteiger partial charge < -0.3 is 10.2 Å². The molecule has 22 heavy (non-hydrogen) atoms. The van der Waals surface area contributed by atoms with Crippen LogP contribution in [0.25, 0.3) is 0 Å². The highest BCUT2D eigenvalue weighted by Crippen LogP contribution is 2.25. The predicted molar refractivity (Wildman–Crippen MR) is 92.7 cm³/mol. The van der Waals surface area contributed by atoms with Gasteiger partial charge in [-0.25, -0.2) is 0 Å². The second kappa shape index (κ2) is 8.36. The Morgan fingerprint density at radius 3 is 2.77 bits per heavy atom. The standard InChI is InChI=1S/C14H17ClN4OS2/c1-3-16-13-17-18-14(22-13)21-9-12(20)19(2)8-10-4-6-11(15)7-5-10/h4-7H,3,8-9H2,1-2H3,(H,16,17). The number of benzene rings is 1. The van der Waals surface area contributed by atoms with Gasteiger partial charge in [-0.1, -0.05) is 46.8 Å². The Bertz CT molecular complexity index is 618. The van der Waals surface area contributed by atoms with Crippen molar-refractivity contribution < 1.29 is 4.79 Å². The van der Waals surface area contributed by atoms with Crippen molar-refractivity contribution in [2.75, 3.05) is 24.7 Å². The number of thioether (sulfide) groups is 1. The van der Waals surface area contributed by atoms with Crippen molar-refractivity contribution >= 4 is 45.7 Å². The quantitative estimate of drug-likeness (QED) is 0.771. The molecule has 0 saturated heterocycles. The number of nitrogens with one attached hydrogen (secondary N) is 1. The summed E-state index contributed by atoms with van der Waals surface area (Å²) in [5.74, 6) is 0.408. The van der Waals surface area contributed by atoms with Gasteiger partial charge in [-0.05, 0) is 24.6 Å². The molecule has 0 atom stereocenters. The van der Waals surface area contributed by atoms with Gasteiger partial charge in [0.2, 0.25) is 11.0 Å². The predicted octanol–water partition coefficient (Wildman–Crippen LogP) is 3.37. The molecule has 1 aromatic heterocycles. The molecule has 2 aromatic rings. The highest BCUT2D eigenvalue weighted by Gasteiger charge is 2.12. The van der Waals surface area contributed by atoms with E-state index in [1.165, 1.54) is 23.1 Å². The van der Waals surface area contributed by atoms with Crippen molar-refractivity contribution in [3.8, 4) is 0 Å². The Morgan fingerprint density at radius 1 is 1.36 bits per heavy atom. The third kappa shape index (κ3) is 5.15. The molecule has 1 N–H and O–H groups in total. The summed E-state index contributed by atoms with van der Waals surface area (Å²) in [7, 11) is 1.79. The Kier molecular flexibility index (Phi) is 6.48. The molecule has 5 nitrogen and oxygen atoms in total. The SMILES string of the molecule is CCNc1nnc(SCC(=O)N(C)Cc2ccc(Cl)cc2)s1. The fourth-order valence-electron chi connectivity index (χ4n) is 1.68. The minimum atomic E-state index is 0.0557. The van der Waals surface area contributed by atoms with Crippen LogP contribution in [0.5, 0.6) is 0 Å². The van der Waals surface area contributed by atoms with E-state index in [1.54, 1.807) is 11.9 Å². The third-order valence-electron chi connectivity index (χ3n) is 2.81. The smallest absolute Gasteiger partial charge is 0.233 e. The molecule has 118 valence electrons. The molecule has 8 heteroatoms. The Balaban J connectivity index is 1.81. The molecular weight excluding hydrogens is 340 g/mol. The van der Waals surface area contributed by atoms with Gasteiger partial charge in [-0.15, -0.1) is 10.2 Å². The molecule has 0 saturated carbocycles. The number of carbonyl (C=O) groups is 1. The lowest BCUT2D eigenvalue weighted by molar-refractivity contribution is -0.127. The van der Waals surface area contributed by atoms with Crippen molar-refractivity contribution in [3.63, 3.8) is 0 Å². The average Bonchev–Trinajstić information content (AvgIpc) is 2.95. The van der Waals surface area contributed by atoms with E-state index in [4.69, 9.17) is 11.6 Å². The summed E-state index contributed by atoms with van der Waals surface area (Å²) in [4.78, 5) is 13.8. The van der Waals surface area contributed by atoms with Gasteiger partial charge in [0.25, 0.3) is 0 Å². The van der Waals surface area contributed by atoms with Crippen LogP contribution in [0.2, 0.25) is 5.02 Å². The van der Waals surface area contributed by atoms with Gasteiger partial charge in [0.15, 0.2) is 4.34 Å². The maximum absolute atomic E-state index is 12.1. The van der Waals surface area contributed by atoms with Crippen LogP contribution >= 0.6 is 34.7 Å². The number of hydrogen-bond donors (Lipinski definition) is 1. The molecule has 0 radical (unpaired) electrons. The van der Waals surface area contributed by atoms with Crippen LogP contribution in [0, 0.1) is 0 Å². The molecule has 1 aromatic carbocycles. The molecule has 1 amide bonds. The van der Waals surface area contributed by atoms with Crippen molar-refractivity contribution in [3.05, 3.63) is 34.9 Å². The van der Waals surface area contributed by atoms with Crippen molar-refractivity contribution in [1.82, 2.24) is 15.1 Å². The Hall–Kier alpha value is -1.31. The highest BCUT2D eigenvalue weighted by molar-refractivity contribution is 8.01. The zero-order valence-corrected chi connectivity index (χ0v) is 14.8. The van der Waals surface area contributed by atoms with E-state index < -0.39 is 0 Å². The van der Waals surface area contributed by atoms with E-state index in [0.29, 0.717) is 17.3 Å². The molecule has 2 rings (SSSR count). The zero-order chi connectivity index (χ0) is 15.9. The highest BCUT2D eigenvalue weighted by atomic mass is 35.5. The first-order chi connectivity index (χ1) is 10.6. The number of aromatic nitrogens is 2. The molecule has 0 spiro atoms. The lowest BCUT2D eigenvalue weighted by Crippen LogP contribution is -2.27. The summed E-state index contributed by atoms with van der Waals surface area (Å²) in [6.45, 7) is 3.38. The first-order valence-corrected chi connectivity index (χ1v) is 8.95. The van der Waals surface area contributed by atoms with E-state index in [-0.39, 0.29) is 5.91 Å². The summed E-state index contributed by atoms with van der Waals surface area (Å²) in [6, 6.07) is 7.50. The van der Waals surface area contributed by atoms with Gasteiger partial charge in [0.05, 0.1) is 5.75 Å². The summed E-state index contributed by atoms with van der Waals surface area (Å²) >= 11 is 8.72. The molecule has 0 aliphatic carbocycles. The van der Waals surface area contributed by atoms with Gasteiger partial charge >= 0.3 is 0 Å². The Morgan fingerprint density at radius 2 is 2.09 bits per heavy atom. The number of hydrogen-bond acceptors (Lipinski definition) is 6. The van der Waals surface area contributed by atoms with Gasteiger partial charge in [0, 0.05) is 25.2 Å². The molecule has 0 unspecified atom stereocenters. The summed E-state index contributed by atoms with van der Waals surface area (Å²) < 4.78 is 0.796. The maximum Gasteiger partial charge on any atom is 0.233 e. The molecule has 0 fully saturated rings. The van der Waals surface area contributed by atoms with Crippen LogP contribution in [0.15, 0.2) is 28.6 Å². The van der Waals surface area contributed by atoms with Gasteiger partial charge in [-0.3, -0.25) is 4.79 Å². The minimum absolute atomic E-state index is 0.0557. The largest absolute Gasteiger partial charge is 0.360 e. The molecule has 0 aliphatic heterocycles. The summed E-state index contributed by atoms with van der Waals surface area (Å²) in [6.07, 6.45) is 0. The third-order valence-corrected chi connectivity index (χ3v) is 5.06. The number of anilines is 1. The molecule has 1 heterocycles. The van der Waals surface area contributed by atoms with Crippen LogP contribution in [0.3, 0.4) is 0 Å². The average molecular weight is 357 g/mol. The second-order valence-electron chi connectivity index (χ2n) is 4.57. The van der Waals surface area contributed by atoms with Crippen LogP contribution < -0.4 is 5.32 Å². The second-order valence-corrected chi connectivity index (χ2v) is 7.20. The van der Waals surface area contributed by atoms with E-state index >= 15 is 0 Å². The fourth-order valence-corrected chi connectivity index (χ4v) is 3.56. The summed E-state index contributed by atoms with van der Waals surface area (Å²) in [5.41, 5.74) is 1.05. The molecule has 0 aliphatic rings. The normalized spacial score (nSPS) is 10.5. The van der Waals surface area contributed by atoms with Crippen molar-refractivity contribution in [2.45, 2.75) is 17.8 Å². The Labute approximate surface area is 143 Å². The van der Waals surface area contributed by atoms with Crippen LogP contribution in [0.4, 0.5) is 5.13 Å². The summed E-state index contributed by atoms with van der Waals surface area (Å²) in [5, 5.41) is 12.6. The van der Waals surface area contributed by atoms with Crippen LogP contribution in [-0.4, -0.2) is 40.3 Å². The maximum atomic E-state index is 12.1. The van der Waals surface area contributed by atoms with Gasteiger partial charge in [-0.2, -0.15) is 0 Å². The van der Waals surface area contributed by atoms with Crippen LogP contribution in [0.1, 0.15) is 12.5 Å². The number of rotatable bonds is 7. The van der Waals surface area contributed by atoms with E-state index in [0.717, 1.165) is 21.6 Å². The number of nitrogens with zero attached hydrogens (tertiary/aromatic N) is 3. The number of carbonyl (C=O) groups excluding carboxylic acids is 1. The minimum Gasteiger partial charge on any atom is -0.360 e.